The zero-order chi connectivity index (χ0) is 21.4. The SMILES string of the molecule is CCc1cn(CCN2CCC2)c(C2CCN(c3ncnc4c3C(C)CC(=O)N4)CC2)n1. The van der Waals surface area contributed by atoms with E-state index in [0.717, 1.165) is 56.8 Å². The molecule has 2 saturated heterocycles. The predicted octanol–water partition coefficient (Wildman–Crippen LogP) is 2.77. The standard InChI is InChI=1S/C23H33N7O/c1-3-18-14-30(12-11-28-7-4-8-28)22(26-18)17-5-9-29(10-6-17)23-20-16(2)13-19(31)27-21(20)24-15-25-23/h14-17H,3-13H2,1-2H3,(H,24,25,27,31). The lowest BCUT2D eigenvalue weighted by Gasteiger charge is -2.36. The fourth-order valence-corrected chi connectivity index (χ4v) is 5.12. The molecule has 3 aliphatic rings. The lowest BCUT2D eigenvalue weighted by Crippen LogP contribution is -2.39. The van der Waals surface area contributed by atoms with E-state index in [1.807, 2.05) is 0 Å². The maximum Gasteiger partial charge on any atom is 0.226 e. The Kier molecular flexibility index (Phi) is 5.65. The fraction of sp³-hybridized carbons (Fsp3) is 0.652. The summed E-state index contributed by atoms with van der Waals surface area (Å²) in [5, 5.41) is 2.92. The monoisotopic (exact) mass is 423 g/mol. The van der Waals surface area contributed by atoms with Crippen molar-refractivity contribution in [1.82, 2.24) is 24.4 Å². The van der Waals surface area contributed by atoms with Crippen molar-refractivity contribution in [2.75, 3.05) is 42.9 Å². The summed E-state index contributed by atoms with van der Waals surface area (Å²) in [6.07, 6.45) is 8.82. The van der Waals surface area contributed by atoms with E-state index in [1.54, 1.807) is 6.33 Å². The third-order valence-corrected chi connectivity index (χ3v) is 7.09. The number of aromatic nitrogens is 4. The molecule has 5 rings (SSSR count). The van der Waals surface area contributed by atoms with E-state index in [9.17, 15) is 4.79 Å². The van der Waals surface area contributed by atoms with E-state index < -0.39 is 0 Å². The molecule has 8 heteroatoms. The van der Waals surface area contributed by atoms with Crippen molar-refractivity contribution in [3.8, 4) is 0 Å². The third kappa shape index (κ3) is 4.05. The number of carbonyl (C=O) groups is 1. The van der Waals surface area contributed by atoms with Crippen molar-refractivity contribution >= 4 is 17.5 Å². The highest BCUT2D eigenvalue weighted by Gasteiger charge is 2.31. The summed E-state index contributed by atoms with van der Waals surface area (Å²) in [6, 6.07) is 0. The van der Waals surface area contributed by atoms with Crippen LogP contribution in [0.25, 0.3) is 0 Å². The van der Waals surface area contributed by atoms with Gasteiger partial charge in [0.25, 0.3) is 0 Å². The first-order valence-corrected chi connectivity index (χ1v) is 11.8. The van der Waals surface area contributed by atoms with Crippen LogP contribution in [0.2, 0.25) is 0 Å². The number of fused-ring (bicyclic) bond motifs is 1. The van der Waals surface area contributed by atoms with Gasteiger partial charge in [-0.1, -0.05) is 13.8 Å². The minimum Gasteiger partial charge on any atom is -0.356 e. The van der Waals surface area contributed by atoms with Gasteiger partial charge in [-0.05, 0) is 44.7 Å². The van der Waals surface area contributed by atoms with Gasteiger partial charge in [-0.3, -0.25) is 4.79 Å². The van der Waals surface area contributed by atoms with Crippen molar-refractivity contribution in [3.05, 3.63) is 29.6 Å². The number of imidazole rings is 1. The Morgan fingerprint density at radius 1 is 1.13 bits per heavy atom. The highest BCUT2D eigenvalue weighted by atomic mass is 16.1. The first-order valence-electron chi connectivity index (χ1n) is 11.8. The second kappa shape index (κ2) is 8.57. The van der Waals surface area contributed by atoms with Crippen LogP contribution in [-0.4, -0.2) is 63.0 Å². The van der Waals surface area contributed by atoms with Crippen LogP contribution in [0.1, 0.15) is 68.4 Å². The Bertz CT molecular complexity index is 943. The lowest BCUT2D eigenvalue weighted by atomic mass is 9.92. The maximum atomic E-state index is 11.9. The van der Waals surface area contributed by atoms with Crippen molar-refractivity contribution in [2.45, 2.75) is 64.3 Å². The Morgan fingerprint density at radius 2 is 1.94 bits per heavy atom. The summed E-state index contributed by atoms with van der Waals surface area (Å²) in [4.78, 5) is 30.8. The van der Waals surface area contributed by atoms with E-state index in [2.05, 4.69) is 49.7 Å². The molecule has 1 N–H and O–H groups in total. The summed E-state index contributed by atoms with van der Waals surface area (Å²) in [5.41, 5.74) is 2.29. The van der Waals surface area contributed by atoms with E-state index in [4.69, 9.17) is 4.98 Å². The molecule has 5 heterocycles. The van der Waals surface area contributed by atoms with Crippen LogP contribution < -0.4 is 10.2 Å². The minimum atomic E-state index is 0.0418. The summed E-state index contributed by atoms with van der Waals surface area (Å²) >= 11 is 0. The van der Waals surface area contributed by atoms with Crippen LogP contribution in [0.3, 0.4) is 0 Å². The number of likely N-dealkylation sites (tertiary alicyclic amines) is 1. The number of hydrogen-bond acceptors (Lipinski definition) is 6. The summed E-state index contributed by atoms with van der Waals surface area (Å²) < 4.78 is 2.42. The molecule has 2 aromatic heterocycles. The molecule has 0 bridgehead atoms. The average Bonchev–Trinajstić information content (AvgIpc) is 3.15. The van der Waals surface area contributed by atoms with Crippen molar-refractivity contribution in [1.29, 1.82) is 0 Å². The van der Waals surface area contributed by atoms with E-state index in [0.29, 0.717) is 18.2 Å². The van der Waals surface area contributed by atoms with Crippen molar-refractivity contribution in [3.63, 3.8) is 0 Å². The molecule has 1 amide bonds. The van der Waals surface area contributed by atoms with Gasteiger partial charge in [0.05, 0.1) is 5.69 Å². The maximum absolute atomic E-state index is 11.9. The third-order valence-electron chi connectivity index (χ3n) is 7.09. The number of carbonyl (C=O) groups excluding carboxylic acids is 1. The number of aryl methyl sites for hydroxylation is 1. The highest BCUT2D eigenvalue weighted by molar-refractivity contribution is 5.94. The number of piperidine rings is 1. The lowest BCUT2D eigenvalue weighted by molar-refractivity contribution is -0.116. The molecule has 0 radical (unpaired) electrons. The molecule has 2 fully saturated rings. The Labute approximate surface area is 184 Å². The van der Waals surface area contributed by atoms with Gasteiger partial charge in [0.1, 0.15) is 23.8 Å². The number of nitrogens with zero attached hydrogens (tertiary/aromatic N) is 6. The van der Waals surface area contributed by atoms with Crippen molar-refractivity contribution < 1.29 is 4.79 Å². The molecule has 31 heavy (non-hydrogen) atoms. The number of anilines is 2. The molecule has 166 valence electrons. The van der Waals surface area contributed by atoms with Crippen LogP contribution >= 0.6 is 0 Å². The van der Waals surface area contributed by atoms with Crippen LogP contribution in [0.5, 0.6) is 0 Å². The molecule has 0 aliphatic carbocycles. The van der Waals surface area contributed by atoms with E-state index >= 15 is 0 Å². The van der Waals surface area contributed by atoms with E-state index in [1.165, 1.54) is 31.0 Å². The molecule has 1 unspecified atom stereocenters. The molecule has 3 aliphatic heterocycles. The molecular formula is C23H33N7O. The zero-order valence-corrected chi connectivity index (χ0v) is 18.7. The largest absolute Gasteiger partial charge is 0.356 e. The topological polar surface area (TPSA) is 79.2 Å². The second-order valence-electron chi connectivity index (χ2n) is 9.21. The molecule has 0 saturated carbocycles. The normalized spacial score (nSPS) is 22.2. The van der Waals surface area contributed by atoms with Crippen LogP contribution in [0.15, 0.2) is 12.5 Å². The number of amides is 1. The average molecular weight is 424 g/mol. The number of rotatable bonds is 6. The number of hydrogen-bond donors (Lipinski definition) is 1. The van der Waals surface area contributed by atoms with Crippen molar-refractivity contribution in [2.24, 2.45) is 0 Å². The molecule has 8 nitrogen and oxygen atoms in total. The van der Waals surface area contributed by atoms with Crippen LogP contribution in [0.4, 0.5) is 11.6 Å². The quantitative estimate of drug-likeness (QED) is 0.770. The molecule has 2 aromatic rings. The Hall–Kier alpha value is -2.48. The van der Waals surface area contributed by atoms with Gasteiger partial charge in [0.2, 0.25) is 5.91 Å². The summed E-state index contributed by atoms with van der Waals surface area (Å²) in [6.45, 7) is 10.8. The molecule has 1 atom stereocenters. The zero-order valence-electron chi connectivity index (χ0n) is 18.7. The smallest absolute Gasteiger partial charge is 0.226 e. The first-order chi connectivity index (χ1) is 15.1. The molecule has 0 aromatic carbocycles. The molecular weight excluding hydrogens is 390 g/mol. The van der Waals surface area contributed by atoms with Crippen LogP contribution in [-0.2, 0) is 17.8 Å². The fourth-order valence-electron chi connectivity index (χ4n) is 5.12. The van der Waals surface area contributed by atoms with Gasteiger partial charge in [-0.15, -0.1) is 0 Å². The van der Waals surface area contributed by atoms with Crippen LogP contribution in [0, 0.1) is 0 Å². The Balaban J connectivity index is 1.30. The summed E-state index contributed by atoms with van der Waals surface area (Å²) in [5.74, 6) is 3.62. The van der Waals surface area contributed by atoms with Gasteiger partial charge in [0, 0.05) is 50.3 Å². The second-order valence-corrected chi connectivity index (χ2v) is 9.21. The van der Waals surface area contributed by atoms with Gasteiger partial charge in [-0.25, -0.2) is 15.0 Å². The summed E-state index contributed by atoms with van der Waals surface area (Å²) in [7, 11) is 0. The van der Waals surface area contributed by atoms with Gasteiger partial charge in [0.15, 0.2) is 0 Å². The van der Waals surface area contributed by atoms with Gasteiger partial charge >= 0.3 is 0 Å². The van der Waals surface area contributed by atoms with Gasteiger partial charge in [-0.2, -0.15) is 0 Å². The molecule has 0 spiro atoms. The highest BCUT2D eigenvalue weighted by Crippen LogP contribution is 2.38. The van der Waals surface area contributed by atoms with Gasteiger partial charge < -0.3 is 19.7 Å². The van der Waals surface area contributed by atoms with E-state index in [-0.39, 0.29) is 11.8 Å². The predicted molar refractivity (Wildman–Crippen MR) is 121 cm³/mol. The first kappa shape index (κ1) is 20.4. The number of nitrogens with one attached hydrogen (secondary N) is 1. The minimum absolute atomic E-state index is 0.0418. The Morgan fingerprint density at radius 3 is 2.65 bits per heavy atom.